The molecule has 0 aliphatic heterocycles. The van der Waals surface area contributed by atoms with Crippen molar-refractivity contribution in [2.45, 2.75) is 13.8 Å². The monoisotopic (exact) mass is 334 g/mol. The van der Waals surface area contributed by atoms with Crippen LogP contribution in [0.4, 0.5) is 5.69 Å². The van der Waals surface area contributed by atoms with E-state index >= 15 is 0 Å². The first-order valence-electron chi connectivity index (χ1n) is 5.64. The van der Waals surface area contributed by atoms with Crippen molar-refractivity contribution < 1.29 is 9.53 Å². The molecule has 20 heavy (non-hydrogen) atoms. The minimum atomic E-state index is -0.416. The number of anilines is 1. The maximum Gasteiger partial charge on any atom is 0.338 e. The summed E-state index contributed by atoms with van der Waals surface area (Å²) in [5.74, 6) is -0.416. The smallest absolute Gasteiger partial charge is 0.338 e. The van der Waals surface area contributed by atoms with Crippen molar-refractivity contribution >= 4 is 33.3 Å². The van der Waals surface area contributed by atoms with Crippen molar-refractivity contribution in [3.05, 3.63) is 27.7 Å². The Morgan fingerprint density at radius 1 is 1.45 bits per heavy atom. The maximum absolute atomic E-state index is 11.6. The fourth-order valence-corrected chi connectivity index (χ4v) is 2.05. The number of hydrogen-bond donors (Lipinski definition) is 1. The minimum Gasteiger partial charge on any atom is -0.462 e. The Balaban J connectivity index is 3.08. The third-order valence-electron chi connectivity index (χ3n) is 2.29. The van der Waals surface area contributed by atoms with E-state index in [0.29, 0.717) is 22.3 Å². The van der Waals surface area contributed by atoms with E-state index < -0.39 is 5.97 Å². The van der Waals surface area contributed by atoms with Gasteiger partial charge in [-0.05, 0) is 47.5 Å². The fraction of sp³-hybridized carbons (Fsp3) is 0.231. The summed E-state index contributed by atoms with van der Waals surface area (Å²) in [5, 5.41) is 20.9. The van der Waals surface area contributed by atoms with Gasteiger partial charge in [0.2, 0.25) is 5.71 Å². The third-order valence-corrected chi connectivity index (χ3v) is 2.92. The minimum absolute atomic E-state index is 0.286. The lowest BCUT2D eigenvalue weighted by atomic mass is 10.1. The van der Waals surface area contributed by atoms with Gasteiger partial charge in [0.25, 0.3) is 0 Å². The zero-order chi connectivity index (χ0) is 15.1. The van der Waals surface area contributed by atoms with Gasteiger partial charge < -0.3 is 4.74 Å². The molecule has 1 aromatic carbocycles. The first kappa shape index (κ1) is 15.7. The Bertz CT molecular complexity index is 602. The molecule has 1 aromatic rings. The largest absolute Gasteiger partial charge is 0.462 e. The molecule has 0 aromatic heterocycles. The SMILES string of the molecule is CCOC(=O)c1cc(C)c(NN=C(C#N)C#N)c(Br)c1. The molecule has 0 saturated heterocycles. The van der Waals surface area contributed by atoms with Crippen LogP contribution in [0.5, 0.6) is 0 Å². The number of nitrogens with one attached hydrogen (secondary N) is 1. The molecule has 6 nitrogen and oxygen atoms in total. The summed E-state index contributed by atoms with van der Waals surface area (Å²) in [7, 11) is 0. The number of carbonyl (C=O) groups is 1. The Kier molecular flexibility index (Phi) is 5.70. The van der Waals surface area contributed by atoms with Gasteiger partial charge in [0, 0.05) is 4.47 Å². The molecule has 102 valence electrons. The van der Waals surface area contributed by atoms with E-state index in [0.717, 1.165) is 5.56 Å². The summed E-state index contributed by atoms with van der Waals surface area (Å²) in [4.78, 5) is 11.6. The molecular formula is C13H11BrN4O2. The van der Waals surface area contributed by atoms with Gasteiger partial charge in [-0.2, -0.15) is 15.6 Å². The van der Waals surface area contributed by atoms with Gasteiger partial charge in [-0.25, -0.2) is 4.79 Å². The number of nitriles is 2. The molecule has 0 bridgehead atoms. The predicted octanol–water partition coefficient (Wildman–Crippen LogP) is 2.75. The van der Waals surface area contributed by atoms with Crippen LogP contribution < -0.4 is 5.43 Å². The Morgan fingerprint density at radius 3 is 2.60 bits per heavy atom. The quantitative estimate of drug-likeness (QED) is 0.518. The van der Waals surface area contributed by atoms with E-state index in [1.54, 1.807) is 38.1 Å². The number of nitrogens with zero attached hydrogens (tertiary/aromatic N) is 3. The van der Waals surface area contributed by atoms with E-state index in [-0.39, 0.29) is 5.71 Å². The topological polar surface area (TPSA) is 98.3 Å². The number of benzene rings is 1. The zero-order valence-electron chi connectivity index (χ0n) is 10.9. The average molecular weight is 335 g/mol. The van der Waals surface area contributed by atoms with Crippen molar-refractivity contribution in [3.8, 4) is 12.1 Å². The van der Waals surface area contributed by atoms with Gasteiger partial charge in [0.05, 0.1) is 17.9 Å². The molecule has 0 spiro atoms. The van der Waals surface area contributed by atoms with Crippen molar-refractivity contribution in [2.24, 2.45) is 5.10 Å². The van der Waals surface area contributed by atoms with Gasteiger partial charge >= 0.3 is 5.97 Å². The van der Waals surface area contributed by atoms with Crippen LogP contribution in [-0.2, 0) is 4.74 Å². The maximum atomic E-state index is 11.6. The van der Waals surface area contributed by atoms with Crippen LogP contribution in [0.1, 0.15) is 22.8 Å². The standard InChI is InChI=1S/C13H11BrN4O2/c1-3-20-13(19)9-4-8(2)12(11(14)5-9)18-17-10(6-15)7-16/h4-5,18H,3H2,1-2H3. The van der Waals surface area contributed by atoms with Crippen molar-refractivity contribution in [1.29, 1.82) is 10.5 Å². The van der Waals surface area contributed by atoms with E-state index in [2.05, 4.69) is 26.5 Å². The number of esters is 1. The third kappa shape index (κ3) is 3.81. The lowest BCUT2D eigenvalue weighted by Gasteiger charge is -2.10. The van der Waals surface area contributed by atoms with Crippen LogP contribution >= 0.6 is 15.9 Å². The van der Waals surface area contributed by atoms with Gasteiger partial charge in [-0.3, -0.25) is 5.43 Å². The normalized spacial score (nSPS) is 9.05. The first-order chi connectivity index (χ1) is 9.53. The Hall–Kier alpha value is -2.38. The molecule has 0 aliphatic rings. The lowest BCUT2D eigenvalue weighted by Crippen LogP contribution is -2.06. The van der Waals surface area contributed by atoms with Crippen molar-refractivity contribution in [2.75, 3.05) is 12.0 Å². The van der Waals surface area contributed by atoms with Crippen LogP contribution in [0.2, 0.25) is 0 Å². The summed E-state index contributed by atoms with van der Waals surface area (Å²) in [5.41, 5.74) is 4.04. The van der Waals surface area contributed by atoms with Crippen LogP contribution in [-0.4, -0.2) is 18.3 Å². The highest BCUT2D eigenvalue weighted by Gasteiger charge is 2.12. The number of ether oxygens (including phenoxy) is 1. The number of hydrogen-bond acceptors (Lipinski definition) is 6. The number of rotatable bonds is 4. The predicted molar refractivity (Wildman–Crippen MR) is 77.1 cm³/mol. The zero-order valence-corrected chi connectivity index (χ0v) is 12.5. The molecule has 0 radical (unpaired) electrons. The molecule has 0 aliphatic carbocycles. The molecule has 0 amide bonds. The fourth-order valence-electron chi connectivity index (χ4n) is 1.40. The van der Waals surface area contributed by atoms with Crippen LogP contribution in [0, 0.1) is 29.6 Å². The highest BCUT2D eigenvalue weighted by molar-refractivity contribution is 9.10. The molecule has 0 atom stereocenters. The summed E-state index contributed by atoms with van der Waals surface area (Å²) in [6, 6.07) is 6.51. The summed E-state index contributed by atoms with van der Waals surface area (Å²) in [6.07, 6.45) is 0. The van der Waals surface area contributed by atoms with Crippen molar-refractivity contribution in [1.82, 2.24) is 0 Å². The van der Waals surface area contributed by atoms with Crippen LogP contribution in [0.15, 0.2) is 21.7 Å². The van der Waals surface area contributed by atoms with Crippen LogP contribution in [0.25, 0.3) is 0 Å². The molecule has 0 unspecified atom stereocenters. The summed E-state index contributed by atoms with van der Waals surface area (Å²) >= 11 is 3.31. The van der Waals surface area contributed by atoms with E-state index in [1.807, 2.05) is 0 Å². The second-order valence-corrected chi connectivity index (χ2v) is 4.52. The van der Waals surface area contributed by atoms with Gasteiger partial charge in [-0.15, -0.1) is 0 Å². The highest BCUT2D eigenvalue weighted by atomic mass is 79.9. The molecular weight excluding hydrogens is 324 g/mol. The van der Waals surface area contributed by atoms with Crippen LogP contribution in [0.3, 0.4) is 0 Å². The Labute approximate surface area is 124 Å². The molecule has 7 heteroatoms. The molecule has 0 fully saturated rings. The Morgan fingerprint density at radius 2 is 2.10 bits per heavy atom. The number of aryl methyl sites for hydroxylation is 1. The number of halogens is 1. The average Bonchev–Trinajstić information content (AvgIpc) is 2.42. The second kappa shape index (κ2) is 7.27. The molecule has 0 heterocycles. The highest BCUT2D eigenvalue weighted by Crippen LogP contribution is 2.28. The van der Waals surface area contributed by atoms with E-state index in [9.17, 15) is 4.79 Å². The molecule has 1 rings (SSSR count). The molecule has 0 saturated carbocycles. The second-order valence-electron chi connectivity index (χ2n) is 3.67. The number of carbonyl (C=O) groups excluding carboxylic acids is 1. The lowest BCUT2D eigenvalue weighted by molar-refractivity contribution is 0.0526. The first-order valence-corrected chi connectivity index (χ1v) is 6.44. The number of hydrazone groups is 1. The van der Waals surface area contributed by atoms with E-state index in [4.69, 9.17) is 15.3 Å². The van der Waals surface area contributed by atoms with E-state index in [1.165, 1.54) is 0 Å². The van der Waals surface area contributed by atoms with Gasteiger partial charge in [-0.1, -0.05) is 0 Å². The van der Waals surface area contributed by atoms with Gasteiger partial charge in [0.15, 0.2) is 0 Å². The van der Waals surface area contributed by atoms with Crippen molar-refractivity contribution in [3.63, 3.8) is 0 Å². The van der Waals surface area contributed by atoms with Gasteiger partial charge in [0.1, 0.15) is 12.1 Å². The molecule has 1 N–H and O–H groups in total. The summed E-state index contributed by atoms with van der Waals surface area (Å²) in [6.45, 7) is 3.80. The summed E-state index contributed by atoms with van der Waals surface area (Å²) < 4.78 is 5.50.